The van der Waals surface area contributed by atoms with Crippen molar-refractivity contribution in [3.05, 3.63) is 113 Å². The van der Waals surface area contributed by atoms with E-state index in [1.54, 1.807) is 12.1 Å². The lowest BCUT2D eigenvalue weighted by molar-refractivity contribution is 0.0472. The Morgan fingerprint density at radius 1 is 0.903 bits per heavy atom. The molecule has 0 N–H and O–H groups in total. The first kappa shape index (κ1) is 20.1. The number of hydrogen-bond donors (Lipinski definition) is 0. The minimum Gasteiger partial charge on any atom is -0.457 e. The Morgan fingerprint density at radius 3 is 2.29 bits per heavy atom. The minimum atomic E-state index is -0.439. The van der Waals surface area contributed by atoms with Crippen LogP contribution in [-0.2, 0) is 11.3 Å². The third-order valence-electron chi connectivity index (χ3n) is 4.99. The van der Waals surface area contributed by atoms with E-state index in [1.807, 2.05) is 85.8 Å². The second-order valence-corrected chi connectivity index (χ2v) is 7.14. The molecule has 0 saturated heterocycles. The molecule has 0 bridgehead atoms. The van der Waals surface area contributed by atoms with Crippen molar-refractivity contribution in [1.29, 1.82) is 5.26 Å². The molecule has 31 heavy (non-hydrogen) atoms. The van der Waals surface area contributed by atoms with Gasteiger partial charge in [-0.25, -0.2) is 4.79 Å². The number of benzene rings is 3. The molecule has 0 aliphatic rings. The highest BCUT2D eigenvalue weighted by molar-refractivity contribution is 5.99. The predicted octanol–water partition coefficient (Wildman–Crippen LogP) is 5.95. The third kappa shape index (κ3) is 4.52. The summed E-state index contributed by atoms with van der Waals surface area (Å²) < 4.78 is 5.62. The number of pyridine rings is 1. The van der Waals surface area contributed by atoms with Crippen LogP contribution in [0.1, 0.15) is 27.2 Å². The molecule has 0 fully saturated rings. The molecule has 0 atom stereocenters. The monoisotopic (exact) mass is 404 g/mol. The van der Waals surface area contributed by atoms with Gasteiger partial charge in [0.2, 0.25) is 0 Å². The standard InChI is InChI=1S/C27H20N2O2/c1-19-26(27(30)31-18-20-9-4-2-5-10-20)24(23-14-8-11-21(15-23)17-28)16-25(29-19)22-12-6-3-7-13-22/h2-16H,18H2,1H3. The fraction of sp³-hybridized carbons (Fsp3) is 0.0741. The second kappa shape index (κ2) is 9.06. The van der Waals surface area contributed by atoms with Gasteiger partial charge < -0.3 is 4.74 Å². The van der Waals surface area contributed by atoms with Gasteiger partial charge in [0.25, 0.3) is 0 Å². The normalized spacial score (nSPS) is 10.3. The Morgan fingerprint density at radius 2 is 1.58 bits per heavy atom. The molecule has 0 unspecified atom stereocenters. The molecule has 4 aromatic rings. The quantitative estimate of drug-likeness (QED) is 0.385. The van der Waals surface area contributed by atoms with Gasteiger partial charge in [-0.2, -0.15) is 5.26 Å². The van der Waals surface area contributed by atoms with Gasteiger partial charge in [0.1, 0.15) is 6.61 Å². The number of hydrogen-bond acceptors (Lipinski definition) is 4. The van der Waals surface area contributed by atoms with Crippen LogP contribution in [0, 0.1) is 18.3 Å². The van der Waals surface area contributed by atoms with Crippen molar-refractivity contribution < 1.29 is 9.53 Å². The summed E-state index contributed by atoms with van der Waals surface area (Å²) in [6.07, 6.45) is 0. The van der Waals surface area contributed by atoms with E-state index in [1.165, 1.54) is 0 Å². The Labute approximate surface area is 181 Å². The number of aromatic nitrogens is 1. The average molecular weight is 404 g/mol. The molecule has 1 heterocycles. The summed E-state index contributed by atoms with van der Waals surface area (Å²) in [5.41, 5.74) is 5.60. The van der Waals surface area contributed by atoms with E-state index < -0.39 is 5.97 Å². The molecule has 0 amide bonds. The molecular weight excluding hydrogens is 384 g/mol. The van der Waals surface area contributed by atoms with Crippen molar-refractivity contribution in [3.8, 4) is 28.5 Å². The van der Waals surface area contributed by atoms with Gasteiger partial charge in [0, 0.05) is 11.1 Å². The van der Waals surface area contributed by atoms with Crippen molar-refractivity contribution in [1.82, 2.24) is 4.98 Å². The molecule has 0 spiro atoms. The number of esters is 1. The minimum absolute atomic E-state index is 0.178. The van der Waals surface area contributed by atoms with Gasteiger partial charge in [-0.3, -0.25) is 4.98 Å². The molecule has 3 aromatic carbocycles. The van der Waals surface area contributed by atoms with E-state index in [0.29, 0.717) is 22.4 Å². The number of carbonyl (C=O) groups is 1. The van der Waals surface area contributed by atoms with Crippen LogP contribution >= 0.6 is 0 Å². The van der Waals surface area contributed by atoms with Crippen LogP contribution in [0.5, 0.6) is 0 Å². The zero-order valence-corrected chi connectivity index (χ0v) is 17.1. The molecule has 4 heteroatoms. The molecule has 1 aromatic heterocycles. The molecule has 0 radical (unpaired) electrons. The zero-order chi connectivity index (χ0) is 21.6. The maximum atomic E-state index is 13.1. The average Bonchev–Trinajstić information content (AvgIpc) is 2.83. The van der Waals surface area contributed by atoms with Crippen LogP contribution in [0.4, 0.5) is 0 Å². The number of nitriles is 1. The van der Waals surface area contributed by atoms with Gasteiger partial charge in [0.05, 0.1) is 28.6 Å². The van der Waals surface area contributed by atoms with Gasteiger partial charge >= 0.3 is 5.97 Å². The van der Waals surface area contributed by atoms with Crippen LogP contribution in [0.2, 0.25) is 0 Å². The van der Waals surface area contributed by atoms with Gasteiger partial charge in [-0.05, 0) is 36.2 Å². The van der Waals surface area contributed by atoms with E-state index in [4.69, 9.17) is 4.74 Å². The Bertz CT molecular complexity index is 1260. The summed E-state index contributed by atoms with van der Waals surface area (Å²) in [6.45, 7) is 1.99. The number of nitrogens with zero attached hydrogens (tertiary/aromatic N) is 2. The summed E-state index contributed by atoms with van der Waals surface area (Å²) in [6, 6.07) is 30.6. The second-order valence-electron chi connectivity index (χ2n) is 7.14. The van der Waals surface area contributed by atoms with Crippen LogP contribution in [0.3, 0.4) is 0 Å². The van der Waals surface area contributed by atoms with Gasteiger partial charge in [-0.15, -0.1) is 0 Å². The topological polar surface area (TPSA) is 63.0 Å². The van der Waals surface area contributed by atoms with Crippen molar-refractivity contribution in [2.75, 3.05) is 0 Å². The predicted molar refractivity (Wildman–Crippen MR) is 120 cm³/mol. The SMILES string of the molecule is Cc1nc(-c2ccccc2)cc(-c2cccc(C#N)c2)c1C(=O)OCc1ccccc1. The molecule has 150 valence electrons. The molecule has 4 nitrogen and oxygen atoms in total. The number of aryl methyl sites for hydroxylation is 1. The molecule has 0 aliphatic carbocycles. The summed E-state index contributed by atoms with van der Waals surface area (Å²) in [5.74, 6) is -0.439. The van der Waals surface area contributed by atoms with E-state index in [9.17, 15) is 10.1 Å². The number of carbonyl (C=O) groups excluding carboxylic acids is 1. The summed E-state index contributed by atoms with van der Waals surface area (Å²) in [4.78, 5) is 17.8. The van der Waals surface area contributed by atoms with Crippen molar-refractivity contribution in [2.24, 2.45) is 0 Å². The maximum Gasteiger partial charge on any atom is 0.340 e. The number of rotatable bonds is 5. The van der Waals surface area contributed by atoms with Gasteiger partial charge in [0.15, 0.2) is 0 Å². The first-order chi connectivity index (χ1) is 15.2. The van der Waals surface area contributed by atoms with Crippen molar-refractivity contribution in [3.63, 3.8) is 0 Å². The Hall–Kier alpha value is -4.23. The molecule has 0 saturated carbocycles. The van der Waals surface area contributed by atoms with E-state index >= 15 is 0 Å². The zero-order valence-electron chi connectivity index (χ0n) is 17.1. The highest BCUT2D eigenvalue weighted by Gasteiger charge is 2.20. The van der Waals surface area contributed by atoms with Crippen LogP contribution < -0.4 is 0 Å². The van der Waals surface area contributed by atoms with E-state index in [-0.39, 0.29) is 6.61 Å². The van der Waals surface area contributed by atoms with Crippen LogP contribution in [0.25, 0.3) is 22.4 Å². The van der Waals surface area contributed by atoms with Crippen molar-refractivity contribution in [2.45, 2.75) is 13.5 Å². The lowest BCUT2D eigenvalue weighted by Crippen LogP contribution is -2.11. The molecule has 0 aliphatic heterocycles. The molecular formula is C27H20N2O2. The van der Waals surface area contributed by atoms with Gasteiger partial charge in [-0.1, -0.05) is 72.8 Å². The van der Waals surface area contributed by atoms with Crippen molar-refractivity contribution >= 4 is 5.97 Å². The lowest BCUT2D eigenvalue weighted by Gasteiger charge is -2.15. The third-order valence-corrected chi connectivity index (χ3v) is 4.99. The first-order valence-electron chi connectivity index (χ1n) is 9.94. The first-order valence-corrected chi connectivity index (χ1v) is 9.94. The lowest BCUT2D eigenvalue weighted by atomic mass is 9.95. The van der Waals surface area contributed by atoms with E-state index in [0.717, 1.165) is 22.4 Å². The van der Waals surface area contributed by atoms with Crippen LogP contribution in [-0.4, -0.2) is 11.0 Å². The summed E-state index contributed by atoms with van der Waals surface area (Å²) in [7, 11) is 0. The summed E-state index contributed by atoms with van der Waals surface area (Å²) >= 11 is 0. The largest absolute Gasteiger partial charge is 0.457 e. The highest BCUT2D eigenvalue weighted by Crippen LogP contribution is 2.31. The highest BCUT2D eigenvalue weighted by atomic mass is 16.5. The number of ether oxygens (including phenoxy) is 1. The Balaban J connectivity index is 1.79. The fourth-order valence-electron chi connectivity index (χ4n) is 3.47. The summed E-state index contributed by atoms with van der Waals surface area (Å²) in [5, 5.41) is 9.33. The molecule has 4 rings (SSSR count). The van der Waals surface area contributed by atoms with E-state index in [2.05, 4.69) is 11.1 Å². The smallest absolute Gasteiger partial charge is 0.340 e. The Kier molecular flexibility index (Phi) is 5.86. The fourth-order valence-corrected chi connectivity index (χ4v) is 3.47. The van der Waals surface area contributed by atoms with Crippen LogP contribution in [0.15, 0.2) is 91.0 Å². The maximum absolute atomic E-state index is 13.1.